The van der Waals surface area contributed by atoms with Crippen molar-refractivity contribution in [3.05, 3.63) is 0 Å². The highest BCUT2D eigenvalue weighted by molar-refractivity contribution is 5.78. The number of rotatable bonds is 7. The molecule has 1 saturated heterocycles. The van der Waals surface area contributed by atoms with Gasteiger partial charge < -0.3 is 10.0 Å². The van der Waals surface area contributed by atoms with Crippen LogP contribution in [-0.2, 0) is 4.79 Å². The summed E-state index contributed by atoms with van der Waals surface area (Å²) in [5, 5.41) is 12.8. The summed E-state index contributed by atoms with van der Waals surface area (Å²) in [4.78, 5) is 13.9. The highest BCUT2D eigenvalue weighted by atomic mass is 16.4. The van der Waals surface area contributed by atoms with Crippen LogP contribution in [0.2, 0.25) is 0 Å². The monoisotopic (exact) mass is 270 g/mol. The number of carbonyl (C=O) groups is 1. The smallest absolute Gasteiger partial charge is 0.323 e. The van der Waals surface area contributed by atoms with Crippen LogP contribution in [0, 0.1) is 5.92 Å². The number of hydrogen-bond donors (Lipinski definition) is 2. The molecule has 1 fully saturated rings. The molecule has 0 amide bonds. The average Bonchev–Trinajstić information content (AvgIpc) is 2.31. The van der Waals surface area contributed by atoms with Crippen molar-refractivity contribution in [3.63, 3.8) is 0 Å². The number of nitrogens with one attached hydrogen (secondary N) is 1. The molecule has 19 heavy (non-hydrogen) atoms. The zero-order valence-electron chi connectivity index (χ0n) is 12.9. The van der Waals surface area contributed by atoms with Crippen molar-refractivity contribution in [2.75, 3.05) is 19.6 Å². The van der Waals surface area contributed by atoms with Crippen LogP contribution in [0.25, 0.3) is 0 Å². The van der Waals surface area contributed by atoms with Crippen molar-refractivity contribution in [2.45, 2.75) is 65.0 Å². The van der Waals surface area contributed by atoms with Crippen LogP contribution in [0.4, 0.5) is 0 Å². The summed E-state index contributed by atoms with van der Waals surface area (Å²) >= 11 is 0. The van der Waals surface area contributed by atoms with E-state index in [9.17, 15) is 9.90 Å². The van der Waals surface area contributed by atoms with Gasteiger partial charge in [-0.3, -0.25) is 10.1 Å². The summed E-state index contributed by atoms with van der Waals surface area (Å²) in [5.74, 6) is -0.0205. The van der Waals surface area contributed by atoms with Gasteiger partial charge in [0.25, 0.3) is 0 Å². The van der Waals surface area contributed by atoms with Crippen molar-refractivity contribution in [1.29, 1.82) is 0 Å². The third kappa shape index (κ3) is 5.11. The molecule has 0 aliphatic carbocycles. The van der Waals surface area contributed by atoms with E-state index in [4.69, 9.17) is 0 Å². The fraction of sp³-hybridized carbons (Fsp3) is 0.933. The van der Waals surface area contributed by atoms with Gasteiger partial charge in [0.15, 0.2) is 0 Å². The van der Waals surface area contributed by atoms with Crippen molar-refractivity contribution in [2.24, 2.45) is 5.92 Å². The number of nitrogens with zero attached hydrogens (tertiary/aromatic N) is 1. The minimum absolute atomic E-state index is 0.344. The standard InChI is InChI=1S/C15H30N2O2/c1-5-8-15(4,14(18)19)16-13-6-9-17(10-7-13)11-12(2)3/h12-13,16H,5-11H2,1-4H3,(H,18,19). The first kappa shape index (κ1) is 16.4. The topological polar surface area (TPSA) is 52.6 Å². The number of aliphatic carboxylic acids is 1. The molecule has 0 saturated carbocycles. The van der Waals surface area contributed by atoms with Crippen molar-refractivity contribution < 1.29 is 9.90 Å². The molecule has 0 aromatic carbocycles. The minimum atomic E-state index is -0.764. The molecule has 0 radical (unpaired) electrons. The molecule has 1 aliphatic rings. The highest BCUT2D eigenvalue weighted by Crippen LogP contribution is 2.19. The number of carboxylic acids is 1. The summed E-state index contributed by atoms with van der Waals surface area (Å²) in [7, 11) is 0. The molecule has 0 bridgehead atoms. The maximum atomic E-state index is 11.4. The van der Waals surface area contributed by atoms with Gasteiger partial charge in [-0.1, -0.05) is 27.2 Å². The lowest BCUT2D eigenvalue weighted by atomic mass is 9.92. The third-order valence-electron chi connectivity index (χ3n) is 3.96. The Morgan fingerprint density at radius 2 is 2.00 bits per heavy atom. The second-order valence-electron chi connectivity index (χ2n) is 6.50. The average molecular weight is 270 g/mol. The Kier molecular flexibility index (Phi) is 6.27. The van der Waals surface area contributed by atoms with Gasteiger partial charge >= 0.3 is 5.97 Å². The van der Waals surface area contributed by atoms with Gasteiger partial charge in [-0.2, -0.15) is 0 Å². The second kappa shape index (κ2) is 7.25. The van der Waals surface area contributed by atoms with Gasteiger partial charge in [0.2, 0.25) is 0 Å². The molecule has 4 heteroatoms. The fourth-order valence-corrected chi connectivity index (χ4v) is 2.97. The first-order valence-electron chi connectivity index (χ1n) is 7.61. The molecule has 0 spiro atoms. The largest absolute Gasteiger partial charge is 0.480 e. The summed E-state index contributed by atoms with van der Waals surface area (Å²) in [6.07, 6.45) is 3.69. The third-order valence-corrected chi connectivity index (χ3v) is 3.96. The van der Waals surface area contributed by atoms with E-state index in [0.717, 1.165) is 38.9 Å². The fourth-order valence-electron chi connectivity index (χ4n) is 2.97. The predicted molar refractivity (Wildman–Crippen MR) is 78.4 cm³/mol. The SMILES string of the molecule is CCCC(C)(NC1CCN(CC(C)C)CC1)C(=O)O. The van der Waals surface area contributed by atoms with Crippen LogP contribution in [0.1, 0.15) is 53.4 Å². The molecular weight excluding hydrogens is 240 g/mol. The van der Waals surface area contributed by atoms with Crippen LogP contribution < -0.4 is 5.32 Å². The second-order valence-corrected chi connectivity index (χ2v) is 6.50. The van der Waals surface area contributed by atoms with Crippen LogP contribution in [0.15, 0.2) is 0 Å². The Morgan fingerprint density at radius 3 is 2.42 bits per heavy atom. The lowest BCUT2D eigenvalue weighted by Gasteiger charge is -2.37. The number of likely N-dealkylation sites (tertiary alicyclic amines) is 1. The van der Waals surface area contributed by atoms with Crippen LogP contribution >= 0.6 is 0 Å². The van der Waals surface area contributed by atoms with Crippen molar-refractivity contribution in [1.82, 2.24) is 10.2 Å². The molecular formula is C15H30N2O2. The van der Waals surface area contributed by atoms with Gasteiger partial charge in [0.05, 0.1) is 0 Å². The van der Waals surface area contributed by atoms with Gasteiger partial charge in [-0.25, -0.2) is 0 Å². The van der Waals surface area contributed by atoms with Crippen molar-refractivity contribution in [3.8, 4) is 0 Å². The molecule has 1 atom stereocenters. The molecule has 112 valence electrons. The van der Waals surface area contributed by atoms with E-state index in [1.807, 2.05) is 13.8 Å². The molecule has 1 rings (SSSR count). The molecule has 1 unspecified atom stereocenters. The summed E-state index contributed by atoms with van der Waals surface area (Å²) < 4.78 is 0. The lowest BCUT2D eigenvalue weighted by Crippen LogP contribution is -2.56. The number of hydrogen-bond acceptors (Lipinski definition) is 3. The number of carboxylic acid groups (broad SMARTS) is 1. The Balaban J connectivity index is 2.45. The zero-order chi connectivity index (χ0) is 14.5. The zero-order valence-corrected chi connectivity index (χ0v) is 12.9. The summed E-state index contributed by atoms with van der Waals surface area (Å²) in [5.41, 5.74) is -0.764. The first-order chi connectivity index (χ1) is 8.87. The van der Waals surface area contributed by atoms with E-state index in [2.05, 4.69) is 24.1 Å². The van der Waals surface area contributed by atoms with Gasteiger partial charge in [0.1, 0.15) is 5.54 Å². The normalized spacial score (nSPS) is 21.5. The Morgan fingerprint density at radius 1 is 1.42 bits per heavy atom. The predicted octanol–water partition coefficient (Wildman–Crippen LogP) is 2.34. The van der Waals surface area contributed by atoms with Crippen LogP contribution in [0.5, 0.6) is 0 Å². The number of piperidine rings is 1. The summed E-state index contributed by atoms with van der Waals surface area (Å²) in [6.45, 7) is 11.7. The van der Waals surface area contributed by atoms with E-state index in [1.165, 1.54) is 0 Å². The van der Waals surface area contributed by atoms with Crippen molar-refractivity contribution >= 4 is 5.97 Å². The maximum Gasteiger partial charge on any atom is 0.323 e. The lowest BCUT2D eigenvalue weighted by molar-refractivity contribution is -0.145. The van der Waals surface area contributed by atoms with Gasteiger partial charge in [-0.15, -0.1) is 0 Å². The molecule has 1 aliphatic heterocycles. The molecule has 1 heterocycles. The van der Waals surface area contributed by atoms with E-state index in [1.54, 1.807) is 0 Å². The van der Waals surface area contributed by atoms with Crippen LogP contribution in [0.3, 0.4) is 0 Å². The van der Waals surface area contributed by atoms with E-state index in [-0.39, 0.29) is 0 Å². The van der Waals surface area contributed by atoms with E-state index < -0.39 is 11.5 Å². The molecule has 0 aromatic heterocycles. The maximum absolute atomic E-state index is 11.4. The Labute approximate surface area is 117 Å². The minimum Gasteiger partial charge on any atom is -0.480 e. The van der Waals surface area contributed by atoms with Crippen LogP contribution in [-0.4, -0.2) is 47.2 Å². The quantitative estimate of drug-likeness (QED) is 0.745. The molecule has 0 aromatic rings. The van der Waals surface area contributed by atoms with E-state index in [0.29, 0.717) is 18.4 Å². The summed E-state index contributed by atoms with van der Waals surface area (Å²) in [6, 6.07) is 0.344. The highest BCUT2D eigenvalue weighted by Gasteiger charge is 2.35. The Hall–Kier alpha value is -0.610. The van der Waals surface area contributed by atoms with E-state index >= 15 is 0 Å². The molecule has 4 nitrogen and oxygen atoms in total. The van der Waals surface area contributed by atoms with Gasteiger partial charge in [-0.05, 0) is 45.2 Å². The van der Waals surface area contributed by atoms with Gasteiger partial charge in [0, 0.05) is 12.6 Å². The Bertz CT molecular complexity index is 286. The molecule has 2 N–H and O–H groups in total. The first-order valence-corrected chi connectivity index (χ1v) is 7.61.